The van der Waals surface area contributed by atoms with E-state index >= 15 is 0 Å². The van der Waals surface area contributed by atoms with Gasteiger partial charge in [-0.1, -0.05) is 18.2 Å². The highest BCUT2D eigenvalue weighted by Gasteiger charge is 2.34. The molecule has 0 spiro atoms. The number of anilines is 2. The van der Waals surface area contributed by atoms with E-state index in [1.54, 1.807) is 39.2 Å². The molecule has 7 N–H and O–H groups in total. The van der Waals surface area contributed by atoms with Gasteiger partial charge in [0.1, 0.15) is 17.8 Å². The van der Waals surface area contributed by atoms with Crippen LogP contribution >= 0.6 is 31.9 Å². The van der Waals surface area contributed by atoms with E-state index in [1.165, 1.54) is 0 Å². The van der Waals surface area contributed by atoms with Crippen molar-refractivity contribution in [2.75, 3.05) is 55.6 Å². The van der Waals surface area contributed by atoms with Crippen molar-refractivity contribution in [3.05, 3.63) is 81.5 Å². The largest absolute Gasteiger partial charge is 0.506 e. The van der Waals surface area contributed by atoms with Crippen LogP contribution in [0.25, 0.3) is 0 Å². The molecule has 0 saturated carbocycles. The quantitative estimate of drug-likeness (QED) is 0.160. The molecule has 2 saturated heterocycles. The van der Waals surface area contributed by atoms with Crippen LogP contribution in [0, 0.1) is 0 Å². The summed E-state index contributed by atoms with van der Waals surface area (Å²) >= 11 is 6.72. The number of unbranched alkanes of at least 4 members (excludes halogenated alkanes) is 1. The number of phenols is 1. The summed E-state index contributed by atoms with van der Waals surface area (Å²) in [6.45, 7) is 3.40. The molecule has 14 nitrogen and oxygen atoms in total. The summed E-state index contributed by atoms with van der Waals surface area (Å²) in [4.78, 5) is 65.6. The Balaban J connectivity index is 1.29. The van der Waals surface area contributed by atoms with E-state index in [0.29, 0.717) is 98.1 Å². The molecule has 2 fully saturated rings. The molecule has 0 aliphatic carbocycles. The number of likely N-dealkylation sites (tertiary alicyclic amines) is 1. The molecule has 284 valence electrons. The highest BCUT2D eigenvalue weighted by atomic mass is 79.9. The van der Waals surface area contributed by atoms with Gasteiger partial charge in [0.05, 0.1) is 8.95 Å². The average molecular weight is 858 g/mol. The maximum absolute atomic E-state index is 14.2. The van der Waals surface area contributed by atoms with Crippen LogP contribution in [-0.4, -0.2) is 108 Å². The monoisotopic (exact) mass is 855 g/mol. The molecule has 0 radical (unpaired) electrons. The number of para-hydroxylation sites is 1. The Morgan fingerprint density at radius 3 is 2.11 bits per heavy atom. The number of primary amides is 1. The van der Waals surface area contributed by atoms with Crippen LogP contribution in [0.2, 0.25) is 0 Å². The van der Waals surface area contributed by atoms with Crippen molar-refractivity contribution < 1.29 is 24.3 Å². The number of nitrogens with two attached hydrogens (primary N) is 2. The lowest BCUT2D eigenvalue weighted by molar-refractivity contribution is -0.137. The second kappa shape index (κ2) is 19.1. The molecule has 0 bridgehead atoms. The first-order valence-electron chi connectivity index (χ1n) is 17.9. The minimum absolute atomic E-state index is 0.0109. The van der Waals surface area contributed by atoms with Crippen molar-refractivity contribution in [2.45, 2.75) is 56.7 Å². The zero-order valence-electron chi connectivity index (χ0n) is 29.5. The van der Waals surface area contributed by atoms with Crippen molar-refractivity contribution in [3.8, 4) is 5.75 Å². The zero-order valence-corrected chi connectivity index (χ0v) is 32.7. The first-order valence-corrected chi connectivity index (χ1v) is 19.4. The van der Waals surface area contributed by atoms with E-state index in [1.807, 2.05) is 42.5 Å². The van der Waals surface area contributed by atoms with Gasteiger partial charge in [0.2, 0.25) is 11.8 Å². The molecule has 3 heterocycles. The van der Waals surface area contributed by atoms with Crippen LogP contribution in [-0.2, 0) is 16.0 Å². The van der Waals surface area contributed by atoms with Crippen molar-refractivity contribution in [1.82, 2.24) is 25.4 Å². The molecule has 2 aliphatic heterocycles. The summed E-state index contributed by atoms with van der Waals surface area (Å²) in [5, 5.41) is 16.2. The van der Waals surface area contributed by atoms with Crippen molar-refractivity contribution in [3.63, 3.8) is 0 Å². The molecule has 6 amide bonds. The molecule has 2 atom stereocenters. The van der Waals surface area contributed by atoms with Crippen molar-refractivity contribution in [2.24, 2.45) is 11.5 Å². The summed E-state index contributed by atoms with van der Waals surface area (Å²) in [7, 11) is 0. The Hall–Kier alpha value is -4.41. The van der Waals surface area contributed by atoms with E-state index in [9.17, 15) is 24.3 Å². The average Bonchev–Trinajstić information content (AvgIpc) is 3.17. The van der Waals surface area contributed by atoms with Gasteiger partial charge in [0, 0.05) is 75.5 Å². The van der Waals surface area contributed by atoms with Crippen LogP contribution in [0.15, 0.2) is 75.9 Å². The van der Waals surface area contributed by atoms with Gasteiger partial charge < -0.3 is 41.9 Å². The summed E-state index contributed by atoms with van der Waals surface area (Å²) in [5.41, 5.74) is 13.9. The third kappa shape index (κ3) is 10.6. The van der Waals surface area contributed by atoms with Crippen LogP contribution in [0.3, 0.4) is 0 Å². The number of carbonyl (C=O) groups is 4. The molecular formula is C37H47Br2N9O5. The van der Waals surface area contributed by atoms with Crippen LogP contribution in [0.5, 0.6) is 5.75 Å². The third-order valence-electron chi connectivity index (χ3n) is 9.70. The number of amides is 6. The minimum atomic E-state index is -1.05. The highest BCUT2D eigenvalue weighted by molar-refractivity contribution is 9.11. The number of pyridine rings is 1. The first kappa shape index (κ1) is 39.8. The molecule has 0 unspecified atom stereocenters. The zero-order chi connectivity index (χ0) is 37.9. The first-order chi connectivity index (χ1) is 25.5. The van der Waals surface area contributed by atoms with Gasteiger partial charge in [-0.25, -0.2) is 9.59 Å². The molecule has 3 aromatic rings. The number of nitrogens with zero attached hydrogens (tertiary/aromatic N) is 5. The fourth-order valence-electron chi connectivity index (χ4n) is 6.84. The van der Waals surface area contributed by atoms with Gasteiger partial charge in [-0.3, -0.25) is 19.5 Å². The van der Waals surface area contributed by atoms with Gasteiger partial charge in [-0.05, 0) is 112 Å². The lowest BCUT2D eigenvalue weighted by Crippen LogP contribution is -2.59. The van der Waals surface area contributed by atoms with Gasteiger partial charge >= 0.3 is 12.1 Å². The number of rotatable bonds is 13. The molecule has 53 heavy (non-hydrogen) atoms. The third-order valence-corrected chi connectivity index (χ3v) is 10.9. The lowest BCUT2D eigenvalue weighted by atomic mass is 10.0. The Labute approximate surface area is 326 Å². The standard InChI is InChI=1S/C37H47Br2N9O5/c38-29-22-25(23-30(39)33(29)49)24-32(44-37(53)47-16-11-28(12-17-47)48(36(41)52)27-6-2-1-3-7-27)34(50)43-31(8-4-5-13-40)35(51)46-20-18-45(19-21-46)26-9-14-42-15-10-26/h1-3,6-7,9-10,14-15,22-23,28,31-32,49H,4-5,8,11-13,16-21,24,40H2,(H2,41,52)(H,43,50)(H,44,53)/t31-,32+/m0/s1. The SMILES string of the molecule is NCCCC[C@H](NC(=O)[C@@H](Cc1cc(Br)c(O)c(Br)c1)NC(=O)N1CCC(N(C(N)=O)c2ccccc2)CC1)C(=O)N1CCN(c2ccncc2)CC1. The number of nitrogens with one attached hydrogen (secondary N) is 2. The number of piperidine rings is 1. The second-order valence-electron chi connectivity index (χ2n) is 13.2. The van der Waals surface area contributed by atoms with Gasteiger partial charge in [-0.2, -0.15) is 0 Å². The number of carbonyl (C=O) groups excluding carboxylic acids is 4. The van der Waals surface area contributed by atoms with E-state index in [-0.39, 0.29) is 24.1 Å². The number of aromatic hydroxyl groups is 1. The lowest BCUT2D eigenvalue weighted by Gasteiger charge is -2.38. The van der Waals surface area contributed by atoms with Crippen molar-refractivity contribution >= 4 is 67.1 Å². The summed E-state index contributed by atoms with van der Waals surface area (Å²) in [6.07, 6.45) is 6.28. The van der Waals surface area contributed by atoms with Gasteiger partial charge in [-0.15, -0.1) is 0 Å². The minimum Gasteiger partial charge on any atom is -0.506 e. The highest BCUT2D eigenvalue weighted by Crippen LogP contribution is 2.34. The maximum atomic E-state index is 14.2. The molecule has 1 aromatic heterocycles. The van der Waals surface area contributed by atoms with Crippen LogP contribution < -0.4 is 31.9 Å². The fourth-order valence-corrected chi connectivity index (χ4v) is 8.12. The number of hydrogen-bond donors (Lipinski definition) is 5. The molecule has 5 rings (SSSR count). The Bertz CT molecular complexity index is 1680. The van der Waals surface area contributed by atoms with E-state index in [2.05, 4.69) is 52.4 Å². The molecule has 2 aromatic carbocycles. The Morgan fingerprint density at radius 1 is 0.868 bits per heavy atom. The summed E-state index contributed by atoms with van der Waals surface area (Å²) in [6, 6.07) is 13.4. The molecule has 16 heteroatoms. The number of hydrogen-bond acceptors (Lipinski definition) is 8. The van der Waals surface area contributed by atoms with Crippen molar-refractivity contribution in [1.29, 1.82) is 0 Å². The number of benzene rings is 2. The van der Waals surface area contributed by atoms with Gasteiger partial charge in [0.15, 0.2) is 0 Å². The van der Waals surface area contributed by atoms with E-state index < -0.39 is 30.1 Å². The Morgan fingerprint density at radius 2 is 1.51 bits per heavy atom. The molecule has 2 aliphatic rings. The van der Waals surface area contributed by atoms with E-state index in [4.69, 9.17) is 11.5 Å². The smallest absolute Gasteiger partial charge is 0.319 e. The number of halogens is 2. The van der Waals surface area contributed by atoms with Gasteiger partial charge in [0.25, 0.3) is 0 Å². The fraction of sp³-hybridized carbons (Fsp3) is 0.432. The number of phenolic OH excluding ortho intramolecular Hbond substituents is 1. The van der Waals surface area contributed by atoms with Crippen LogP contribution in [0.1, 0.15) is 37.7 Å². The predicted molar refractivity (Wildman–Crippen MR) is 210 cm³/mol. The number of piperazine rings is 1. The number of aromatic nitrogens is 1. The summed E-state index contributed by atoms with van der Waals surface area (Å²) in [5.74, 6) is -0.666. The maximum Gasteiger partial charge on any atom is 0.319 e. The molecular weight excluding hydrogens is 810 g/mol. The topological polar surface area (TPSA) is 190 Å². The second-order valence-corrected chi connectivity index (χ2v) is 14.9. The number of urea groups is 2. The van der Waals surface area contributed by atoms with Crippen LogP contribution in [0.4, 0.5) is 21.0 Å². The Kier molecular flexibility index (Phi) is 14.3. The van der Waals surface area contributed by atoms with E-state index in [0.717, 1.165) is 5.69 Å². The normalized spacial score (nSPS) is 16.1. The predicted octanol–water partition coefficient (Wildman–Crippen LogP) is 3.95. The summed E-state index contributed by atoms with van der Waals surface area (Å²) < 4.78 is 0.847.